The van der Waals surface area contributed by atoms with E-state index in [0.717, 1.165) is 20.8 Å². The lowest BCUT2D eigenvalue weighted by Crippen LogP contribution is -2.26. The van der Waals surface area contributed by atoms with E-state index in [1.807, 2.05) is 36.4 Å². The van der Waals surface area contributed by atoms with Crippen molar-refractivity contribution < 1.29 is 9.59 Å². The number of carbonyl (C=O) groups excluding carboxylic acids is 2. The highest BCUT2D eigenvalue weighted by Crippen LogP contribution is 2.35. The van der Waals surface area contributed by atoms with Gasteiger partial charge in [0.1, 0.15) is 17.5 Å². The van der Waals surface area contributed by atoms with Gasteiger partial charge in [-0.1, -0.05) is 46.3 Å². The van der Waals surface area contributed by atoms with Gasteiger partial charge in [0.25, 0.3) is 0 Å². The zero-order valence-corrected chi connectivity index (χ0v) is 11.9. The molecule has 2 nitrogen and oxygen atoms in total. The van der Waals surface area contributed by atoms with Crippen LogP contribution in [-0.2, 0) is 9.59 Å². The molecule has 0 atom stereocenters. The number of rotatable bonds is 1. The number of ketones is 2. The van der Waals surface area contributed by atoms with Gasteiger partial charge in [-0.3, -0.25) is 9.59 Å². The molecule has 0 aliphatic heterocycles. The van der Waals surface area contributed by atoms with E-state index in [0.29, 0.717) is 19.3 Å². The van der Waals surface area contributed by atoms with Crippen LogP contribution >= 0.6 is 15.9 Å². The second kappa shape index (κ2) is 4.89. The first-order valence-corrected chi connectivity index (χ1v) is 7.20. The number of fused-ring (bicyclic) bond motifs is 1. The molecule has 3 rings (SSSR count). The SMILES string of the molecule is O=C1CCCC(=O)C1c1ccc(Br)c2ccccc12. The molecular weight excluding hydrogens is 304 g/mol. The first-order valence-electron chi connectivity index (χ1n) is 6.41. The summed E-state index contributed by atoms with van der Waals surface area (Å²) in [5, 5.41) is 2.04. The molecule has 0 amide bonds. The van der Waals surface area contributed by atoms with Crippen LogP contribution in [-0.4, -0.2) is 11.6 Å². The Morgan fingerprint density at radius 3 is 2.21 bits per heavy atom. The summed E-state index contributed by atoms with van der Waals surface area (Å²) in [6.45, 7) is 0. The Hall–Kier alpha value is -1.48. The van der Waals surface area contributed by atoms with Gasteiger partial charge in [-0.2, -0.15) is 0 Å². The molecule has 0 unspecified atom stereocenters. The highest BCUT2D eigenvalue weighted by atomic mass is 79.9. The Balaban J connectivity index is 2.22. The van der Waals surface area contributed by atoms with Gasteiger partial charge in [0.15, 0.2) is 0 Å². The Morgan fingerprint density at radius 1 is 0.895 bits per heavy atom. The Labute approximate surface area is 119 Å². The normalized spacial score (nSPS) is 17.1. The maximum absolute atomic E-state index is 12.1. The van der Waals surface area contributed by atoms with E-state index < -0.39 is 5.92 Å². The minimum atomic E-state index is -0.563. The molecule has 0 aromatic heterocycles. The van der Waals surface area contributed by atoms with Crippen LogP contribution in [0.4, 0.5) is 0 Å². The van der Waals surface area contributed by atoms with E-state index in [-0.39, 0.29) is 11.6 Å². The molecule has 0 saturated heterocycles. The van der Waals surface area contributed by atoms with Crippen molar-refractivity contribution in [3.8, 4) is 0 Å². The van der Waals surface area contributed by atoms with Gasteiger partial charge in [0.05, 0.1) is 0 Å². The third-order valence-electron chi connectivity index (χ3n) is 3.71. The lowest BCUT2D eigenvalue weighted by atomic mass is 9.80. The van der Waals surface area contributed by atoms with Crippen molar-refractivity contribution in [1.82, 2.24) is 0 Å². The fourth-order valence-electron chi connectivity index (χ4n) is 2.79. The third kappa shape index (κ3) is 2.12. The van der Waals surface area contributed by atoms with Gasteiger partial charge in [-0.25, -0.2) is 0 Å². The molecule has 0 radical (unpaired) electrons. The molecule has 0 heterocycles. The monoisotopic (exact) mass is 316 g/mol. The van der Waals surface area contributed by atoms with Crippen LogP contribution in [0.5, 0.6) is 0 Å². The Kier molecular flexibility index (Phi) is 3.23. The predicted molar refractivity (Wildman–Crippen MR) is 78.3 cm³/mol. The van der Waals surface area contributed by atoms with Gasteiger partial charge in [0, 0.05) is 17.3 Å². The summed E-state index contributed by atoms with van der Waals surface area (Å²) in [4.78, 5) is 24.2. The predicted octanol–water partition coefficient (Wildman–Crippen LogP) is 4.01. The largest absolute Gasteiger partial charge is 0.299 e. The summed E-state index contributed by atoms with van der Waals surface area (Å²) in [7, 11) is 0. The molecule has 2 aromatic rings. The third-order valence-corrected chi connectivity index (χ3v) is 4.40. The number of benzene rings is 2. The number of halogens is 1. The van der Waals surface area contributed by atoms with Crippen LogP contribution in [0.3, 0.4) is 0 Å². The molecule has 1 aliphatic carbocycles. The van der Waals surface area contributed by atoms with E-state index in [9.17, 15) is 9.59 Å². The molecule has 2 aromatic carbocycles. The Morgan fingerprint density at radius 2 is 1.53 bits per heavy atom. The standard InChI is InChI=1S/C16H13BrO2/c17-13-9-8-12(10-4-1-2-5-11(10)13)16-14(18)6-3-7-15(16)19/h1-2,4-5,8-9,16H,3,6-7H2. The van der Waals surface area contributed by atoms with E-state index in [4.69, 9.17) is 0 Å². The van der Waals surface area contributed by atoms with Crippen LogP contribution in [0, 0.1) is 0 Å². The van der Waals surface area contributed by atoms with Crippen molar-refractivity contribution in [2.75, 3.05) is 0 Å². The van der Waals surface area contributed by atoms with Crippen molar-refractivity contribution in [3.63, 3.8) is 0 Å². The van der Waals surface area contributed by atoms with Gasteiger partial charge in [-0.05, 0) is 28.8 Å². The first-order chi connectivity index (χ1) is 9.18. The smallest absolute Gasteiger partial charge is 0.147 e. The van der Waals surface area contributed by atoms with E-state index in [1.54, 1.807) is 0 Å². The maximum Gasteiger partial charge on any atom is 0.147 e. The average Bonchev–Trinajstić information content (AvgIpc) is 2.41. The zero-order chi connectivity index (χ0) is 13.4. The average molecular weight is 317 g/mol. The van der Waals surface area contributed by atoms with Crippen LogP contribution in [0.15, 0.2) is 40.9 Å². The van der Waals surface area contributed by atoms with Crippen molar-refractivity contribution in [2.24, 2.45) is 0 Å². The lowest BCUT2D eigenvalue weighted by molar-refractivity contribution is -0.131. The van der Waals surface area contributed by atoms with Crippen LogP contribution in [0.25, 0.3) is 10.8 Å². The number of hydrogen-bond acceptors (Lipinski definition) is 2. The maximum atomic E-state index is 12.1. The van der Waals surface area contributed by atoms with Crippen LogP contribution < -0.4 is 0 Å². The highest BCUT2D eigenvalue weighted by molar-refractivity contribution is 9.10. The quantitative estimate of drug-likeness (QED) is 0.745. The Bertz CT molecular complexity index is 660. The van der Waals surface area contributed by atoms with Gasteiger partial charge in [0.2, 0.25) is 0 Å². The minimum Gasteiger partial charge on any atom is -0.299 e. The fraction of sp³-hybridized carbons (Fsp3) is 0.250. The fourth-order valence-corrected chi connectivity index (χ4v) is 3.27. The molecule has 96 valence electrons. The summed E-state index contributed by atoms with van der Waals surface area (Å²) >= 11 is 3.52. The van der Waals surface area contributed by atoms with Crippen LogP contribution in [0.1, 0.15) is 30.7 Å². The van der Waals surface area contributed by atoms with E-state index in [2.05, 4.69) is 15.9 Å². The second-order valence-electron chi connectivity index (χ2n) is 4.90. The zero-order valence-electron chi connectivity index (χ0n) is 10.4. The summed E-state index contributed by atoms with van der Waals surface area (Å²) in [5.41, 5.74) is 0.855. The molecular formula is C16H13BrO2. The molecule has 0 spiro atoms. The van der Waals surface area contributed by atoms with Crippen molar-refractivity contribution in [2.45, 2.75) is 25.2 Å². The molecule has 1 aliphatic rings. The highest BCUT2D eigenvalue weighted by Gasteiger charge is 2.32. The van der Waals surface area contributed by atoms with Crippen LogP contribution in [0.2, 0.25) is 0 Å². The van der Waals surface area contributed by atoms with Gasteiger partial charge < -0.3 is 0 Å². The molecule has 3 heteroatoms. The summed E-state index contributed by atoms with van der Waals surface area (Å²) < 4.78 is 0.988. The van der Waals surface area contributed by atoms with Gasteiger partial charge in [-0.15, -0.1) is 0 Å². The number of carbonyl (C=O) groups is 2. The number of hydrogen-bond donors (Lipinski definition) is 0. The molecule has 0 N–H and O–H groups in total. The summed E-state index contributed by atoms with van der Waals surface area (Å²) in [5.74, 6) is -0.445. The summed E-state index contributed by atoms with van der Waals surface area (Å²) in [6.07, 6.45) is 1.73. The number of Topliss-reactive ketones (excluding diaryl/α,β-unsaturated/α-hetero) is 2. The lowest BCUT2D eigenvalue weighted by Gasteiger charge is -2.21. The van der Waals surface area contributed by atoms with E-state index >= 15 is 0 Å². The van der Waals surface area contributed by atoms with Crippen molar-refractivity contribution in [3.05, 3.63) is 46.4 Å². The van der Waals surface area contributed by atoms with E-state index in [1.165, 1.54) is 0 Å². The second-order valence-corrected chi connectivity index (χ2v) is 5.76. The molecule has 1 fully saturated rings. The van der Waals surface area contributed by atoms with Crippen molar-refractivity contribution >= 4 is 38.3 Å². The molecule has 1 saturated carbocycles. The molecule has 19 heavy (non-hydrogen) atoms. The summed E-state index contributed by atoms with van der Waals surface area (Å²) in [6, 6.07) is 11.7. The first kappa shape index (κ1) is 12.5. The molecule has 0 bridgehead atoms. The topological polar surface area (TPSA) is 34.1 Å². The minimum absolute atomic E-state index is 0.0590. The van der Waals surface area contributed by atoms with Gasteiger partial charge >= 0.3 is 0 Å². The van der Waals surface area contributed by atoms with Crippen molar-refractivity contribution in [1.29, 1.82) is 0 Å².